The fourth-order valence-corrected chi connectivity index (χ4v) is 1.67. The van der Waals surface area contributed by atoms with Crippen molar-refractivity contribution in [3.05, 3.63) is 0 Å². The van der Waals surface area contributed by atoms with Gasteiger partial charge in [0.15, 0.2) is 15.9 Å². The number of sulfone groups is 1. The lowest BCUT2D eigenvalue weighted by molar-refractivity contribution is -0.146. The summed E-state index contributed by atoms with van der Waals surface area (Å²) in [5, 5.41) is 21.9. The molecular formula is C9H18N2O6S. The van der Waals surface area contributed by atoms with E-state index in [-0.39, 0.29) is 31.0 Å². The van der Waals surface area contributed by atoms with Crippen LogP contribution in [0.4, 0.5) is 4.79 Å². The molecule has 4 N–H and O–H groups in total. The molecule has 0 aliphatic heterocycles. The minimum atomic E-state index is -3.12. The van der Waals surface area contributed by atoms with Gasteiger partial charge in [-0.05, 0) is 0 Å². The maximum absolute atomic E-state index is 11.1. The SMILES string of the molecule is CCS(=O)(=O)CCNC(=O)NCCC(O)C(=O)O. The van der Waals surface area contributed by atoms with E-state index >= 15 is 0 Å². The highest BCUT2D eigenvalue weighted by atomic mass is 32.2. The summed E-state index contributed by atoms with van der Waals surface area (Å²) < 4.78 is 22.2. The number of aliphatic hydroxyl groups is 1. The molecule has 0 saturated heterocycles. The minimum Gasteiger partial charge on any atom is -0.479 e. The number of hydrogen-bond acceptors (Lipinski definition) is 5. The zero-order valence-corrected chi connectivity index (χ0v) is 10.9. The summed E-state index contributed by atoms with van der Waals surface area (Å²) >= 11 is 0. The van der Waals surface area contributed by atoms with Gasteiger partial charge in [-0.2, -0.15) is 0 Å². The van der Waals surface area contributed by atoms with E-state index in [0.717, 1.165) is 0 Å². The Kier molecular flexibility index (Phi) is 7.29. The third kappa shape index (κ3) is 7.85. The van der Waals surface area contributed by atoms with Crippen LogP contribution in [0.15, 0.2) is 0 Å². The van der Waals surface area contributed by atoms with E-state index in [1.807, 2.05) is 0 Å². The van der Waals surface area contributed by atoms with Crippen LogP contribution in [-0.2, 0) is 14.6 Å². The second kappa shape index (κ2) is 7.88. The fourth-order valence-electron chi connectivity index (χ4n) is 0.973. The molecule has 0 aliphatic rings. The second-order valence-electron chi connectivity index (χ2n) is 3.56. The number of carbonyl (C=O) groups excluding carboxylic acids is 1. The molecular weight excluding hydrogens is 264 g/mol. The lowest BCUT2D eigenvalue weighted by atomic mass is 10.2. The van der Waals surface area contributed by atoms with E-state index in [9.17, 15) is 18.0 Å². The van der Waals surface area contributed by atoms with Crippen molar-refractivity contribution >= 4 is 21.8 Å². The Balaban J connectivity index is 3.70. The highest BCUT2D eigenvalue weighted by Crippen LogP contribution is 1.89. The first-order chi connectivity index (χ1) is 8.28. The number of aliphatic carboxylic acids is 1. The molecule has 0 aliphatic carbocycles. The third-order valence-electron chi connectivity index (χ3n) is 2.13. The van der Waals surface area contributed by atoms with E-state index in [1.54, 1.807) is 0 Å². The van der Waals surface area contributed by atoms with Crippen LogP contribution in [-0.4, -0.2) is 61.3 Å². The van der Waals surface area contributed by atoms with Crippen molar-refractivity contribution in [1.82, 2.24) is 10.6 Å². The van der Waals surface area contributed by atoms with Gasteiger partial charge < -0.3 is 20.8 Å². The number of hydrogen-bond donors (Lipinski definition) is 4. The molecule has 2 amide bonds. The Morgan fingerprint density at radius 2 is 1.78 bits per heavy atom. The van der Waals surface area contributed by atoms with Gasteiger partial charge in [0.1, 0.15) is 0 Å². The van der Waals surface area contributed by atoms with Gasteiger partial charge >= 0.3 is 12.0 Å². The highest BCUT2D eigenvalue weighted by Gasteiger charge is 2.13. The Bertz CT molecular complexity index is 381. The standard InChI is InChI=1S/C9H18N2O6S/c1-2-18(16,17)6-5-11-9(15)10-4-3-7(12)8(13)14/h7,12H,2-6H2,1H3,(H,13,14)(H2,10,11,15). The Morgan fingerprint density at radius 3 is 2.28 bits per heavy atom. The summed E-state index contributed by atoms with van der Waals surface area (Å²) in [4.78, 5) is 21.4. The van der Waals surface area contributed by atoms with Crippen LogP contribution in [0.25, 0.3) is 0 Å². The number of carboxylic acid groups (broad SMARTS) is 1. The molecule has 1 unspecified atom stereocenters. The van der Waals surface area contributed by atoms with Crippen LogP contribution < -0.4 is 10.6 Å². The van der Waals surface area contributed by atoms with Crippen LogP contribution in [0.5, 0.6) is 0 Å². The van der Waals surface area contributed by atoms with Crippen molar-refractivity contribution < 1.29 is 28.2 Å². The number of aliphatic hydroxyl groups excluding tert-OH is 1. The molecule has 106 valence electrons. The fraction of sp³-hybridized carbons (Fsp3) is 0.778. The summed E-state index contributed by atoms with van der Waals surface area (Å²) in [6.45, 7) is 1.49. The molecule has 0 aromatic carbocycles. The average Bonchev–Trinajstić information content (AvgIpc) is 2.28. The summed E-state index contributed by atoms with van der Waals surface area (Å²) in [6.07, 6.45) is -1.64. The van der Waals surface area contributed by atoms with Crippen LogP contribution >= 0.6 is 0 Å². The zero-order chi connectivity index (χ0) is 14.2. The number of urea groups is 1. The summed E-state index contributed by atoms with van der Waals surface area (Å²) in [7, 11) is -3.12. The number of nitrogens with one attached hydrogen (secondary N) is 2. The first-order valence-electron chi connectivity index (χ1n) is 5.41. The van der Waals surface area contributed by atoms with E-state index in [0.29, 0.717) is 0 Å². The van der Waals surface area contributed by atoms with Crippen LogP contribution in [0.2, 0.25) is 0 Å². The molecule has 0 fully saturated rings. The molecule has 0 bridgehead atoms. The van der Waals surface area contributed by atoms with Crippen molar-refractivity contribution in [1.29, 1.82) is 0 Å². The zero-order valence-electron chi connectivity index (χ0n) is 10.0. The Hall–Kier alpha value is -1.35. The molecule has 0 aromatic rings. The number of carboxylic acids is 1. The van der Waals surface area contributed by atoms with Crippen molar-refractivity contribution in [3.63, 3.8) is 0 Å². The van der Waals surface area contributed by atoms with Gasteiger partial charge in [-0.15, -0.1) is 0 Å². The van der Waals surface area contributed by atoms with E-state index in [1.165, 1.54) is 6.92 Å². The van der Waals surface area contributed by atoms with Crippen molar-refractivity contribution in [2.45, 2.75) is 19.4 Å². The van der Waals surface area contributed by atoms with Crippen molar-refractivity contribution in [2.24, 2.45) is 0 Å². The van der Waals surface area contributed by atoms with Crippen LogP contribution in [0, 0.1) is 0 Å². The third-order valence-corrected chi connectivity index (χ3v) is 3.83. The molecule has 9 heteroatoms. The van der Waals surface area contributed by atoms with E-state index < -0.39 is 27.9 Å². The van der Waals surface area contributed by atoms with Gasteiger partial charge in [-0.25, -0.2) is 18.0 Å². The first-order valence-corrected chi connectivity index (χ1v) is 7.23. The van der Waals surface area contributed by atoms with Gasteiger partial charge in [0.05, 0.1) is 5.75 Å². The summed E-state index contributed by atoms with van der Waals surface area (Å²) in [6, 6.07) is -0.598. The normalized spacial score (nSPS) is 12.8. The number of amides is 2. The summed E-state index contributed by atoms with van der Waals surface area (Å²) in [5.41, 5.74) is 0. The number of carbonyl (C=O) groups is 2. The molecule has 0 rings (SSSR count). The lowest BCUT2D eigenvalue weighted by Crippen LogP contribution is -2.39. The van der Waals surface area contributed by atoms with Crippen molar-refractivity contribution in [2.75, 3.05) is 24.6 Å². The molecule has 8 nitrogen and oxygen atoms in total. The molecule has 0 saturated carbocycles. The monoisotopic (exact) mass is 282 g/mol. The van der Waals surface area contributed by atoms with Gasteiger partial charge in [-0.1, -0.05) is 6.92 Å². The summed E-state index contributed by atoms with van der Waals surface area (Å²) in [5.74, 6) is -1.48. The van der Waals surface area contributed by atoms with E-state index in [4.69, 9.17) is 10.2 Å². The molecule has 0 aromatic heterocycles. The second-order valence-corrected chi connectivity index (χ2v) is 6.03. The Labute approximate surface area is 105 Å². The largest absolute Gasteiger partial charge is 0.479 e. The topological polar surface area (TPSA) is 133 Å². The maximum Gasteiger partial charge on any atom is 0.332 e. The predicted octanol–water partition coefficient (Wildman–Crippen LogP) is -1.44. The van der Waals surface area contributed by atoms with Crippen molar-refractivity contribution in [3.8, 4) is 0 Å². The molecule has 0 radical (unpaired) electrons. The minimum absolute atomic E-state index is 0.0104. The van der Waals surface area contributed by atoms with Crippen LogP contribution in [0.1, 0.15) is 13.3 Å². The van der Waals surface area contributed by atoms with Crippen LogP contribution in [0.3, 0.4) is 0 Å². The quantitative estimate of drug-likeness (QED) is 0.431. The first kappa shape index (κ1) is 16.6. The van der Waals surface area contributed by atoms with Gasteiger partial charge in [0.2, 0.25) is 0 Å². The molecule has 1 atom stereocenters. The average molecular weight is 282 g/mol. The van der Waals surface area contributed by atoms with Gasteiger partial charge in [-0.3, -0.25) is 0 Å². The predicted molar refractivity (Wildman–Crippen MR) is 64.0 cm³/mol. The van der Waals surface area contributed by atoms with Gasteiger partial charge in [0, 0.05) is 25.3 Å². The lowest BCUT2D eigenvalue weighted by Gasteiger charge is -2.08. The van der Waals surface area contributed by atoms with Gasteiger partial charge in [0.25, 0.3) is 0 Å². The highest BCUT2D eigenvalue weighted by molar-refractivity contribution is 7.91. The Morgan fingerprint density at radius 1 is 1.22 bits per heavy atom. The van der Waals surface area contributed by atoms with E-state index in [2.05, 4.69) is 10.6 Å². The molecule has 18 heavy (non-hydrogen) atoms. The maximum atomic E-state index is 11.1. The number of rotatable bonds is 8. The molecule has 0 heterocycles. The smallest absolute Gasteiger partial charge is 0.332 e. The molecule has 0 spiro atoms.